The van der Waals surface area contributed by atoms with E-state index in [2.05, 4.69) is 4.98 Å². The number of nitrogens with two attached hydrogens (primary N) is 1. The Morgan fingerprint density at radius 2 is 2.23 bits per heavy atom. The molecule has 1 aromatic rings. The van der Waals surface area contributed by atoms with Gasteiger partial charge in [0.1, 0.15) is 0 Å². The van der Waals surface area contributed by atoms with Gasteiger partial charge in [0.25, 0.3) is 5.91 Å². The van der Waals surface area contributed by atoms with Crippen molar-refractivity contribution in [1.82, 2.24) is 4.98 Å². The number of rotatable bonds is 2. The topological polar surface area (TPSA) is 99.1 Å². The van der Waals surface area contributed by atoms with Crippen molar-refractivity contribution in [3.8, 4) is 0 Å². The summed E-state index contributed by atoms with van der Waals surface area (Å²) in [5.74, 6) is -1.14. The molecule has 0 fully saturated rings. The van der Waals surface area contributed by atoms with Gasteiger partial charge in [-0.15, -0.1) is 0 Å². The van der Waals surface area contributed by atoms with Crippen molar-refractivity contribution in [1.29, 1.82) is 0 Å². The van der Waals surface area contributed by atoms with Crippen LogP contribution in [0.25, 0.3) is 0 Å². The molecule has 13 heavy (non-hydrogen) atoms. The number of aryl methyl sites for hydroxylation is 1. The SMILES string of the molecule is Cc1ccc([N+](=O)[O-])nc1C(N)=O. The first kappa shape index (κ1) is 9.11. The van der Waals surface area contributed by atoms with Crippen LogP contribution < -0.4 is 5.73 Å². The first-order chi connectivity index (χ1) is 6.02. The molecule has 0 aliphatic rings. The highest BCUT2D eigenvalue weighted by molar-refractivity contribution is 5.92. The smallest absolute Gasteiger partial charge is 0.362 e. The highest BCUT2D eigenvalue weighted by Gasteiger charge is 2.16. The van der Waals surface area contributed by atoms with E-state index in [1.165, 1.54) is 12.1 Å². The molecule has 0 unspecified atom stereocenters. The van der Waals surface area contributed by atoms with Crippen LogP contribution in [-0.4, -0.2) is 15.8 Å². The quantitative estimate of drug-likeness (QED) is 0.527. The number of amides is 1. The van der Waals surface area contributed by atoms with Crippen molar-refractivity contribution in [3.05, 3.63) is 33.5 Å². The molecule has 68 valence electrons. The summed E-state index contributed by atoms with van der Waals surface area (Å²) >= 11 is 0. The summed E-state index contributed by atoms with van der Waals surface area (Å²) < 4.78 is 0. The van der Waals surface area contributed by atoms with Crippen molar-refractivity contribution >= 4 is 11.7 Å². The summed E-state index contributed by atoms with van der Waals surface area (Å²) in [6.45, 7) is 1.61. The zero-order chi connectivity index (χ0) is 10.0. The molecule has 0 aromatic carbocycles. The molecule has 0 aliphatic heterocycles. The summed E-state index contributed by atoms with van der Waals surface area (Å²) in [6.07, 6.45) is 0. The lowest BCUT2D eigenvalue weighted by molar-refractivity contribution is -0.389. The molecule has 2 N–H and O–H groups in total. The van der Waals surface area contributed by atoms with Gasteiger partial charge >= 0.3 is 5.82 Å². The Hall–Kier alpha value is -1.98. The molecular formula is C7H7N3O3. The molecule has 1 aromatic heterocycles. The highest BCUT2D eigenvalue weighted by atomic mass is 16.6. The Balaban J connectivity index is 3.27. The summed E-state index contributed by atoms with van der Waals surface area (Å²) in [4.78, 5) is 23.8. The van der Waals surface area contributed by atoms with Crippen LogP contribution >= 0.6 is 0 Å². The molecule has 0 saturated carbocycles. The largest absolute Gasteiger partial charge is 0.364 e. The number of primary amides is 1. The number of hydrogen-bond donors (Lipinski definition) is 1. The average Bonchev–Trinajstić information content (AvgIpc) is 2.04. The molecule has 1 rings (SSSR count). The van der Waals surface area contributed by atoms with Crippen molar-refractivity contribution in [3.63, 3.8) is 0 Å². The maximum absolute atomic E-state index is 10.7. The Morgan fingerprint density at radius 1 is 1.62 bits per heavy atom. The average molecular weight is 181 g/mol. The maximum Gasteiger partial charge on any atom is 0.364 e. The number of nitrogens with zero attached hydrogens (tertiary/aromatic N) is 2. The Kier molecular flexibility index (Phi) is 2.23. The molecule has 1 amide bonds. The maximum atomic E-state index is 10.7. The van der Waals surface area contributed by atoms with E-state index in [1.807, 2.05) is 0 Å². The van der Waals surface area contributed by atoms with E-state index >= 15 is 0 Å². The van der Waals surface area contributed by atoms with Gasteiger partial charge in [-0.25, -0.2) is 0 Å². The second-order valence-corrected chi connectivity index (χ2v) is 2.46. The van der Waals surface area contributed by atoms with Gasteiger partial charge in [-0.2, -0.15) is 0 Å². The van der Waals surface area contributed by atoms with E-state index in [-0.39, 0.29) is 11.5 Å². The van der Waals surface area contributed by atoms with E-state index < -0.39 is 10.8 Å². The van der Waals surface area contributed by atoms with Crippen LogP contribution in [-0.2, 0) is 0 Å². The standard InChI is InChI=1S/C7H7N3O3/c1-4-2-3-5(10(12)13)9-6(4)7(8)11/h2-3H,1H3,(H2,8,11). The van der Waals surface area contributed by atoms with Gasteiger partial charge in [0.2, 0.25) is 5.69 Å². The molecule has 0 aliphatic carbocycles. The summed E-state index contributed by atoms with van der Waals surface area (Å²) in [5.41, 5.74) is 5.42. The van der Waals surface area contributed by atoms with Gasteiger partial charge in [-0.05, 0) is 22.9 Å². The molecule has 0 saturated heterocycles. The molecule has 0 atom stereocenters. The van der Waals surface area contributed by atoms with E-state index in [1.54, 1.807) is 6.92 Å². The van der Waals surface area contributed by atoms with Crippen molar-refractivity contribution in [2.45, 2.75) is 6.92 Å². The molecule has 0 radical (unpaired) electrons. The van der Waals surface area contributed by atoms with Gasteiger partial charge in [0.15, 0.2) is 0 Å². The predicted octanol–water partition coefficient (Wildman–Crippen LogP) is 0.397. The summed E-state index contributed by atoms with van der Waals surface area (Å²) in [6, 6.07) is 2.66. The predicted molar refractivity (Wildman–Crippen MR) is 44.1 cm³/mol. The van der Waals surface area contributed by atoms with Crippen LogP contribution in [0.15, 0.2) is 12.1 Å². The lowest BCUT2D eigenvalue weighted by Crippen LogP contribution is -2.15. The van der Waals surface area contributed by atoms with Crippen molar-refractivity contribution in [2.24, 2.45) is 5.73 Å². The fraction of sp³-hybridized carbons (Fsp3) is 0.143. The fourth-order valence-corrected chi connectivity index (χ4v) is 0.870. The number of hydrogen-bond acceptors (Lipinski definition) is 4. The molecule has 0 bridgehead atoms. The number of carbonyl (C=O) groups is 1. The van der Waals surface area contributed by atoms with Crippen LogP contribution in [0.2, 0.25) is 0 Å². The zero-order valence-electron chi connectivity index (χ0n) is 6.85. The normalized spacial score (nSPS) is 9.62. The number of carbonyl (C=O) groups excluding carboxylic acids is 1. The Morgan fingerprint density at radius 3 is 2.69 bits per heavy atom. The van der Waals surface area contributed by atoms with Gasteiger partial charge in [-0.1, -0.05) is 0 Å². The minimum atomic E-state index is -0.763. The van der Waals surface area contributed by atoms with Gasteiger partial charge in [-0.3, -0.25) is 4.79 Å². The second-order valence-electron chi connectivity index (χ2n) is 2.46. The lowest BCUT2D eigenvalue weighted by Gasteiger charge is -1.95. The summed E-state index contributed by atoms with van der Waals surface area (Å²) in [5, 5.41) is 10.3. The van der Waals surface area contributed by atoms with Crippen molar-refractivity contribution in [2.75, 3.05) is 0 Å². The number of pyridine rings is 1. The van der Waals surface area contributed by atoms with Gasteiger partial charge in [0, 0.05) is 11.6 Å². The number of nitro groups is 1. The Bertz CT molecular complexity index is 375. The van der Waals surface area contributed by atoms with E-state index in [9.17, 15) is 14.9 Å². The molecule has 6 heteroatoms. The highest BCUT2D eigenvalue weighted by Crippen LogP contribution is 2.11. The fourth-order valence-electron chi connectivity index (χ4n) is 0.870. The van der Waals surface area contributed by atoms with E-state index in [4.69, 9.17) is 5.73 Å². The molecule has 6 nitrogen and oxygen atoms in total. The van der Waals surface area contributed by atoms with Crippen LogP contribution in [0.1, 0.15) is 16.1 Å². The summed E-state index contributed by atoms with van der Waals surface area (Å²) in [7, 11) is 0. The number of aromatic nitrogens is 1. The molecule has 1 heterocycles. The van der Waals surface area contributed by atoms with Crippen LogP contribution in [0.5, 0.6) is 0 Å². The van der Waals surface area contributed by atoms with Crippen LogP contribution in [0, 0.1) is 17.0 Å². The Labute approximate surface area is 73.5 Å². The van der Waals surface area contributed by atoms with Crippen molar-refractivity contribution < 1.29 is 9.72 Å². The minimum Gasteiger partial charge on any atom is -0.362 e. The van der Waals surface area contributed by atoms with Crippen LogP contribution in [0.3, 0.4) is 0 Å². The lowest BCUT2D eigenvalue weighted by atomic mass is 10.2. The minimum absolute atomic E-state index is 0.0609. The van der Waals surface area contributed by atoms with E-state index in [0.717, 1.165) is 0 Å². The first-order valence-electron chi connectivity index (χ1n) is 3.44. The monoisotopic (exact) mass is 181 g/mol. The second kappa shape index (κ2) is 3.18. The third-order valence-corrected chi connectivity index (χ3v) is 1.50. The third-order valence-electron chi connectivity index (χ3n) is 1.50. The van der Waals surface area contributed by atoms with E-state index in [0.29, 0.717) is 5.56 Å². The molecular weight excluding hydrogens is 174 g/mol. The molecule has 0 spiro atoms. The first-order valence-corrected chi connectivity index (χ1v) is 3.44. The third kappa shape index (κ3) is 1.78. The van der Waals surface area contributed by atoms with Crippen LogP contribution in [0.4, 0.5) is 5.82 Å². The van der Waals surface area contributed by atoms with Gasteiger partial charge < -0.3 is 15.8 Å². The van der Waals surface area contributed by atoms with Gasteiger partial charge in [0.05, 0.1) is 0 Å². The zero-order valence-corrected chi connectivity index (χ0v) is 6.85.